The van der Waals surface area contributed by atoms with Gasteiger partial charge in [-0.3, -0.25) is 4.90 Å². The Morgan fingerprint density at radius 2 is 1.50 bits per heavy atom. The van der Waals surface area contributed by atoms with E-state index in [4.69, 9.17) is 44.3 Å². The largest absolute Gasteiger partial charge is 0.497 e. The van der Waals surface area contributed by atoms with Crippen LogP contribution in [0.15, 0.2) is 91.0 Å². The Labute approximate surface area is 250 Å². The quantitative estimate of drug-likeness (QED) is 0.207. The van der Waals surface area contributed by atoms with Crippen LogP contribution in [0.3, 0.4) is 0 Å². The van der Waals surface area contributed by atoms with Gasteiger partial charge in [0.25, 0.3) is 0 Å². The second kappa shape index (κ2) is 12.8. The first kappa shape index (κ1) is 28.1. The second-order valence-electron chi connectivity index (χ2n) is 9.62. The number of ether oxygens (including phenoxy) is 2. The Hall–Kier alpha value is -3.40. The zero-order valence-corrected chi connectivity index (χ0v) is 24.2. The molecule has 0 aliphatic carbocycles. The number of anilines is 1. The highest BCUT2D eigenvalue weighted by Crippen LogP contribution is 2.40. The molecule has 0 saturated carbocycles. The number of nitriles is 1. The predicted octanol–water partition coefficient (Wildman–Crippen LogP) is 8.04. The molecule has 40 heavy (non-hydrogen) atoms. The molecule has 2 unspecified atom stereocenters. The van der Waals surface area contributed by atoms with E-state index in [0.717, 1.165) is 36.6 Å². The van der Waals surface area contributed by atoms with E-state index in [1.807, 2.05) is 48.5 Å². The number of nitrogens with zero attached hydrogens (tertiary/aromatic N) is 3. The summed E-state index contributed by atoms with van der Waals surface area (Å²) in [6, 6.07) is 30.9. The van der Waals surface area contributed by atoms with Gasteiger partial charge < -0.3 is 14.4 Å². The maximum absolute atomic E-state index is 9.19. The first-order valence-corrected chi connectivity index (χ1v) is 14.1. The number of halogens is 3. The van der Waals surface area contributed by atoms with E-state index in [-0.39, 0.29) is 12.1 Å². The van der Waals surface area contributed by atoms with Gasteiger partial charge >= 0.3 is 0 Å². The van der Waals surface area contributed by atoms with Gasteiger partial charge in [-0.15, -0.1) is 0 Å². The molecule has 0 radical (unpaired) electrons. The fourth-order valence-electron chi connectivity index (χ4n) is 5.16. The van der Waals surface area contributed by atoms with E-state index < -0.39 is 0 Å². The molecule has 0 bridgehead atoms. The molecular formula is C32H28Cl3N3O2. The molecule has 0 aromatic heterocycles. The predicted molar refractivity (Wildman–Crippen MR) is 162 cm³/mol. The lowest BCUT2D eigenvalue weighted by Crippen LogP contribution is -2.57. The van der Waals surface area contributed by atoms with Gasteiger partial charge in [0.1, 0.15) is 18.1 Å². The van der Waals surface area contributed by atoms with E-state index in [2.05, 4.69) is 40.1 Å². The number of rotatable bonds is 8. The van der Waals surface area contributed by atoms with E-state index in [9.17, 15) is 5.26 Å². The van der Waals surface area contributed by atoms with Gasteiger partial charge in [0.15, 0.2) is 0 Å². The van der Waals surface area contributed by atoms with E-state index in [1.165, 1.54) is 5.56 Å². The Bertz CT molecular complexity index is 1470. The minimum Gasteiger partial charge on any atom is -0.497 e. The van der Waals surface area contributed by atoms with Gasteiger partial charge in [-0.05, 0) is 77.9 Å². The molecule has 1 aliphatic rings. The van der Waals surface area contributed by atoms with Crippen LogP contribution in [0.1, 0.15) is 22.7 Å². The van der Waals surface area contributed by atoms with Crippen molar-refractivity contribution in [3.8, 4) is 17.6 Å². The Morgan fingerprint density at radius 3 is 2.15 bits per heavy atom. The van der Waals surface area contributed by atoms with Crippen molar-refractivity contribution >= 4 is 40.5 Å². The van der Waals surface area contributed by atoms with Crippen molar-refractivity contribution in [2.45, 2.75) is 18.6 Å². The van der Waals surface area contributed by atoms with Crippen LogP contribution < -0.4 is 14.4 Å². The summed E-state index contributed by atoms with van der Waals surface area (Å²) in [6.45, 7) is 2.68. The SMILES string of the molecule is COc1ccc(CN2CCN(c3ccc(Cl)cc3Cl)C(c3ccc(Cl)cc3)C2COc2ccc(C#N)cc2)cc1. The molecule has 204 valence electrons. The summed E-state index contributed by atoms with van der Waals surface area (Å²) in [5, 5.41) is 11.1. The molecular weight excluding hydrogens is 565 g/mol. The number of piperazine rings is 1. The molecule has 5 rings (SSSR count). The molecule has 5 nitrogen and oxygen atoms in total. The van der Waals surface area contributed by atoms with Gasteiger partial charge in [-0.1, -0.05) is 59.1 Å². The van der Waals surface area contributed by atoms with Crippen LogP contribution in [0, 0.1) is 11.3 Å². The highest BCUT2D eigenvalue weighted by molar-refractivity contribution is 6.36. The van der Waals surface area contributed by atoms with Crippen LogP contribution in [0.5, 0.6) is 11.5 Å². The Balaban J connectivity index is 1.53. The van der Waals surface area contributed by atoms with Crippen LogP contribution in [-0.4, -0.2) is 37.7 Å². The molecule has 4 aromatic carbocycles. The third-order valence-corrected chi connectivity index (χ3v) is 7.97. The zero-order chi connectivity index (χ0) is 28.1. The van der Waals surface area contributed by atoms with Crippen molar-refractivity contribution in [1.29, 1.82) is 5.26 Å². The normalized spacial score (nSPS) is 17.3. The maximum Gasteiger partial charge on any atom is 0.119 e. The molecule has 1 saturated heterocycles. The van der Waals surface area contributed by atoms with Gasteiger partial charge in [-0.25, -0.2) is 0 Å². The summed E-state index contributed by atoms with van der Waals surface area (Å²) in [4.78, 5) is 4.78. The first-order chi connectivity index (χ1) is 19.4. The molecule has 1 aliphatic heterocycles. The van der Waals surface area contributed by atoms with Crippen LogP contribution in [-0.2, 0) is 6.54 Å². The third kappa shape index (κ3) is 6.49. The summed E-state index contributed by atoms with van der Waals surface area (Å²) in [5.74, 6) is 1.53. The molecule has 2 atom stereocenters. The Kier molecular flexibility index (Phi) is 9.04. The standard InChI is InChI=1S/C32H28Cl3N3O2/c1-39-27-11-4-23(5-12-27)20-37-16-17-38(30-15-10-26(34)18-29(30)35)32(24-6-8-25(33)9-7-24)31(37)21-40-28-13-2-22(19-36)3-14-28/h2-15,18,31-32H,16-17,20-21H2,1H3. The van der Waals surface area contributed by atoms with Gasteiger partial charge in [0, 0.05) is 29.7 Å². The van der Waals surface area contributed by atoms with Crippen molar-refractivity contribution in [2.75, 3.05) is 31.7 Å². The molecule has 0 amide bonds. The lowest BCUT2D eigenvalue weighted by molar-refractivity contribution is 0.0848. The van der Waals surface area contributed by atoms with Crippen molar-refractivity contribution in [2.24, 2.45) is 0 Å². The highest BCUT2D eigenvalue weighted by Gasteiger charge is 2.39. The topological polar surface area (TPSA) is 48.7 Å². The second-order valence-corrected chi connectivity index (χ2v) is 10.9. The minimum absolute atomic E-state index is 0.0561. The summed E-state index contributed by atoms with van der Waals surface area (Å²) in [6.07, 6.45) is 0. The Morgan fingerprint density at radius 1 is 0.825 bits per heavy atom. The lowest BCUT2D eigenvalue weighted by Gasteiger charge is -2.49. The molecule has 4 aromatic rings. The van der Waals surface area contributed by atoms with Crippen LogP contribution in [0.4, 0.5) is 5.69 Å². The van der Waals surface area contributed by atoms with Crippen molar-refractivity contribution in [3.05, 3.63) is 123 Å². The smallest absolute Gasteiger partial charge is 0.119 e. The number of hydrogen-bond donors (Lipinski definition) is 0. The molecule has 1 fully saturated rings. The van der Waals surface area contributed by atoms with E-state index in [1.54, 1.807) is 25.3 Å². The molecule has 0 N–H and O–H groups in total. The summed E-state index contributed by atoms with van der Waals surface area (Å²) in [7, 11) is 1.67. The van der Waals surface area contributed by atoms with Crippen molar-refractivity contribution in [1.82, 2.24) is 4.90 Å². The molecule has 8 heteroatoms. The fraction of sp³-hybridized carbons (Fsp3) is 0.219. The average molecular weight is 593 g/mol. The van der Waals surface area contributed by atoms with Crippen LogP contribution in [0.2, 0.25) is 15.1 Å². The fourth-order valence-corrected chi connectivity index (χ4v) is 5.80. The number of benzene rings is 4. The van der Waals surface area contributed by atoms with E-state index in [0.29, 0.717) is 33.0 Å². The summed E-state index contributed by atoms with van der Waals surface area (Å²) >= 11 is 19.3. The summed E-state index contributed by atoms with van der Waals surface area (Å²) < 4.78 is 11.7. The van der Waals surface area contributed by atoms with Crippen molar-refractivity contribution < 1.29 is 9.47 Å². The minimum atomic E-state index is -0.0960. The van der Waals surface area contributed by atoms with Crippen LogP contribution in [0.25, 0.3) is 0 Å². The van der Waals surface area contributed by atoms with Crippen LogP contribution >= 0.6 is 34.8 Å². The first-order valence-electron chi connectivity index (χ1n) is 12.9. The number of hydrogen-bond acceptors (Lipinski definition) is 5. The highest BCUT2D eigenvalue weighted by atomic mass is 35.5. The van der Waals surface area contributed by atoms with Gasteiger partial charge in [-0.2, -0.15) is 5.26 Å². The average Bonchev–Trinajstić information content (AvgIpc) is 2.97. The number of methoxy groups -OCH3 is 1. The van der Waals surface area contributed by atoms with Gasteiger partial charge in [0.2, 0.25) is 0 Å². The summed E-state index contributed by atoms with van der Waals surface area (Å²) in [5.41, 5.74) is 3.78. The maximum atomic E-state index is 9.19. The third-order valence-electron chi connectivity index (χ3n) is 7.18. The molecule has 1 heterocycles. The van der Waals surface area contributed by atoms with Gasteiger partial charge in [0.05, 0.1) is 41.5 Å². The lowest BCUT2D eigenvalue weighted by atomic mass is 9.92. The van der Waals surface area contributed by atoms with E-state index >= 15 is 0 Å². The zero-order valence-electron chi connectivity index (χ0n) is 21.9. The monoisotopic (exact) mass is 591 g/mol. The van der Waals surface area contributed by atoms with Crippen molar-refractivity contribution in [3.63, 3.8) is 0 Å². The molecule has 0 spiro atoms.